The van der Waals surface area contributed by atoms with Crippen molar-refractivity contribution in [2.24, 2.45) is 11.3 Å². The van der Waals surface area contributed by atoms with Crippen molar-refractivity contribution in [1.29, 1.82) is 0 Å². The molecule has 18 heavy (non-hydrogen) atoms. The van der Waals surface area contributed by atoms with Gasteiger partial charge in [0.25, 0.3) is 0 Å². The van der Waals surface area contributed by atoms with E-state index in [1.54, 1.807) is 0 Å². The fourth-order valence-electron chi connectivity index (χ4n) is 3.78. The van der Waals surface area contributed by atoms with E-state index in [1.165, 1.54) is 25.7 Å². The second-order valence-electron chi connectivity index (χ2n) is 6.49. The summed E-state index contributed by atoms with van der Waals surface area (Å²) in [5.41, 5.74) is 0.302. The van der Waals surface area contributed by atoms with E-state index in [2.05, 4.69) is 19.2 Å². The third kappa shape index (κ3) is 2.89. The Kier molecular flexibility index (Phi) is 5.05. The molecule has 1 aliphatic carbocycles. The highest BCUT2D eigenvalue weighted by atomic mass is 16.5. The molecule has 3 nitrogen and oxygen atoms in total. The van der Waals surface area contributed by atoms with E-state index < -0.39 is 0 Å². The Labute approximate surface area is 111 Å². The van der Waals surface area contributed by atoms with Crippen LogP contribution >= 0.6 is 0 Å². The standard InChI is InChI=1S/C15H29NO2/c1-15(2)13(12-8-7-11-18-14(12)15)16-9-5-3-4-6-10-17/h12-14,16-17H,3-11H2,1-2H3. The second-order valence-corrected chi connectivity index (χ2v) is 6.49. The minimum atomic E-state index is 0.302. The van der Waals surface area contributed by atoms with E-state index in [4.69, 9.17) is 9.84 Å². The molecule has 2 fully saturated rings. The van der Waals surface area contributed by atoms with Crippen LogP contribution in [0.5, 0.6) is 0 Å². The quantitative estimate of drug-likeness (QED) is 0.686. The summed E-state index contributed by atoms with van der Waals surface area (Å²) in [6, 6.07) is 0.639. The van der Waals surface area contributed by atoms with Crippen LogP contribution in [0.25, 0.3) is 0 Å². The fraction of sp³-hybridized carbons (Fsp3) is 1.00. The smallest absolute Gasteiger partial charge is 0.0684 e. The van der Waals surface area contributed by atoms with Crippen molar-refractivity contribution >= 4 is 0 Å². The predicted molar refractivity (Wildman–Crippen MR) is 73.6 cm³/mol. The lowest BCUT2D eigenvalue weighted by atomic mass is 9.55. The van der Waals surface area contributed by atoms with Crippen molar-refractivity contribution < 1.29 is 9.84 Å². The van der Waals surface area contributed by atoms with Gasteiger partial charge in [-0.3, -0.25) is 0 Å². The lowest BCUT2D eigenvalue weighted by Crippen LogP contribution is -2.69. The zero-order chi connectivity index (χ0) is 13.0. The van der Waals surface area contributed by atoms with Crippen LogP contribution in [-0.4, -0.2) is 37.0 Å². The van der Waals surface area contributed by atoms with Crippen LogP contribution in [0.2, 0.25) is 0 Å². The minimum Gasteiger partial charge on any atom is -0.396 e. The first-order valence-corrected chi connectivity index (χ1v) is 7.64. The third-order valence-electron chi connectivity index (χ3n) is 4.78. The summed E-state index contributed by atoms with van der Waals surface area (Å²) in [5.74, 6) is 0.742. The van der Waals surface area contributed by atoms with Gasteiger partial charge in [0.2, 0.25) is 0 Å². The Morgan fingerprint density at radius 2 is 2.00 bits per heavy atom. The number of rotatable bonds is 7. The molecule has 3 unspecified atom stereocenters. The highest BCUT2D eigenvalue weighted by Gasteiger charge is 2.57. The largest absolute Gasteiger partial charge is 0.396 e. The molecule has 0 amide bonds. The van der Waals surface area contributed by atoms with Gasteiger partial charge in [0, 0.05) is 30.6 Å². The lowest BCUT2D eigenvalue weighted by molar-refractivity contribution is -0.192. The molecule has 0 aromatic carbocycles. The molecule has 0 aromatic heterocycles. The minimum absolute atomic E-state index is 0.302. The van der Waals surface area contributed by atoms with Crippen LogP contribution in [0.1, 0.15) is 52.4 Å². The number of aliphatic hydroxyl groups is 1. The molecule has 2 N–H and O–H groups in total. The molecule has 106 valence electrons. The summed E-state index contributed by atoms with van der Waals surface area (Å²) in [6.45, 7) is 7.08. The number of ether oxygens (including phenoxy) is 1. The van der Waals surface area contributed by atoms with Crippen molar-refractivity contribution in [3.63, 3.8) is 0 Å². The molecule has 3 atom stereocenters. The fourth-order valence-corrected chi connectivity index (χ4v) is 3.78. The number of nitrogens with one attached hydrogen (secondary N) is 1. The highest BCUT2D eigenvalue weighted by Crippen LogP contribution is 2.51. The van der Waals surface area contributed by atoms with E-state index in [-0.39, 0.29) is 0 Å². The first-order chi connectivity index (χ1) is 8.68. The Bertz CT molecular complexity index is 255. The summed E-state index contributed by atoms with van der Waals surface area (Å²) < 4.78 is 5.91. The molecule has 1 heterocycles. The maximum atomic E-state index is 8.73. The van der Waals surface area contributed by atoms with E-state index in [1.807, 2.05) is 0 Å². The summed E-state index contributed by atoms with van der Waals surface area (Å²) in [7, 11) is 0. The third-order valence-corrected chi connectivity index (χ3v) is 4.78. The van der Waals surface area contributed by atoms with E-state index >= 15 is 0 Å². The molecule has 0 radical (unpaired) electrons. The normalized spacial score (nSPS) is 33.8. The zero-order valence-corrected chi connectivity index (χ0v) is 12.0. The SMILES string of the molecule is CC1(C)C(NCCCCCCO)C2CCCOC21. The van der Waals surface area contributed by atoms with E-state index in [9.17, 15) is 0 Å². The van der Waals surface area contributed by atoms with Gasteiger partial charge < -0.3 is 15.2 Å². The van der Waals surface area contributed by atoms with Crippen LogP contribution in [0.4, 0.5) is 0 Å². The summed E-state index contributed by atoms with van der Waals surface area (Å²) in [6.07, 6.45) is 7.60. The van der Waals surface area contributed by atoms with Gasteiger partial charge in [-0.2, -0.15) is 0 Å². The topological polar surface area (TPSA) is 41.5 Å². The molecular formula is C15H29NO2. The van der Waals surface area contributed by atoms with Gasteiger partial charge in [-0.05, 0) is 32.2 Å². The van der Waals surface area contributed by atoms with Crippen molar-refractivity contribution in [3.05, 3.63) is 0 Å². The van der Waals surface area contributed by atoms with Gasteiger partial charge in [0.1, 0.15) is 0 Å². The van der Waals surface area contributed by atoms with Crippen molar-refractivity contribution in [1.82, 2.24) is 5.32 Å². The molecule has 3 heteroatoms. The monoisotopic (exact) mass is 255 g/mol. The average Bonchev–Trinajstić information content (AvgIpc) is 2.37. The Hall–Kier alpha value is -0.120. The number of unbranched alkanes of at least 4 members (excludes halogenated alkanes) is 3. The summed E-state index contributed by atoms with van der Waals surface area (Å²) >= 11 is 0. The summed E-state index contributed by atoms with van der Waals surface area (Å²) in [5, 5.41) is 12.5. The van der Waals surface area contributed by atoms with Crippen molar-refractivity contribution in [2.75, 3.05) is 19.8 Å². The molecule has 0 bridgehead atoms. The average molecular weight is 255 g/mol. The first-order valence-electron chi connectivity index (χ1n) is 7.64. The predicted octanol–water partition coefficient (Wildman–Crippen LogP) is 2.33. The van der Waals surface area contributed by atoms with E-state index in [0.29, 0.717) is 24.2 Å². The number of hydrogen-bond donors (Lipinski definition) is 2. The molecule has 1 aliphatic heterocycles. The number of aliphatic hydroxyl groups excluding tert-OH is 1. The van der Waals surface area contributed by atoms with Gasteiger partial charge in [0.15, 0.2) is 0 Å². The molecule has 0 aromatic rings. The van der Waals surface area contributed by atoms with Gasteiger partial charge >= 0.3 is 0 Å². The second kappa shape index (κ2) is 6.36. The van der Waals surface area contributed by atoms with Crippen LogP contribution in [0.3, 0.4) is 0 Å². The van der Waals surface area contributed by atoms with Gasteiger partial charge in [-0.25, -0.2) is 0 Å². The van der Waals surface area contributed by atoms with Crippen LogP contribution in [0, 0.1) is 11.3 Å². The summed E-state index contributed by atoms with van der Waals surface area (Å²) in [4.78, 5) is 0. The molecular weight excluding hydrogens is 226 g/mol. The maximum absolute atomic E-state index is 8.73. The Balaban J connectivity index is 1.66. The first kappa shape index (κ1) is 14.3. The lowest BCUT2D eigenvalue weighted by Gasteiger charge is -2.60. The molecule has 0 spiro atoms. The molecule has 1 saturated heterocycles. The Morgan fingerprint density at radius 3 is 2.78 bits per heavy atom. The van der Waals surface area contributed by atoms with Crippen molar-refractivity contribution in [2.45, 2.75) is 64.5 Å². The molecule has 2 rings (SSSR count). The van der Waals surface area contributed by atoms with Gasteiger partial charge in [-0.15, -0.1) is 0 Å². The van der Waals surface area contributed by atoms with Crippen LogP contribution in [-0.2, 0) is 4.74 Å². The molecule has 1 saturated carbocycles. The Morgan fingerprint density at radius 1 is 1.22 bits per heavy atom. The van der Waals surface area contributed by atoms with Crippen molar-refractivity contribution in [3.8, 4) is 0 Å². The number of fused-ring (bicyclic) bond motifs is 1. The van der Waals surface area contributed by atoms with Crippen LogP contribution in [0.15, 0.2) is 0 Å². The van der Waals surface area contributed by atoms with Crippen LogP contribution < -0.4 is 5.32 Å². The molecule has 2 aliphatic rings. The van der Waals surface area contributed by atoms with E-state index in [0.717, 1.165) is 31.9 Å². The zero-order valence-electron chi connectivity index (χ0n) is 12.0. The van der Waals surface area contributed by atoms with Gasteiger partial charge in [0.05, 0.1) is 6.10 Å². The maximum Gasteiger partial charge on any atom is 0.0684 e. The number of hydrogen-bond acceptors (Lipinski definition) is 3. The highest BCUT2D eigenvalue weighted by molar-refractivity contribution is 5.10. The van der Waals surface area contributed by atoms with Gasteiger partial charge in [-0.1, -0.05) is 26.7 Å².